The molecule has 2 heterocycles. The van der Waals surface area contributed by atoms with Crippen molar-refractivity contribution in [2.24, 2.45) is 0 Å². The first-order valence-electron chi connectivity index (χ1n) is 13.2. The predicted octanol–water partition coefficient (Wildman–Crippen LogP) is 7.92. The normalized spacial score (nSPS) is 12.5. The van der Waals surface area contributed by atoms with Gasteiger partial charge in [0.25, 0.3) is 0 Å². The van der Waals surface area contributed by atoms with E-state index in [1.54, 1.807) is 0 Å². The summed E-state index contributed by atoms with van der Waals surface area (Å²) in [5, 5.41) is 2.27. The SMILES string of the molecule is CC(C)c1cc(C(C)C)c(-c2ccc3ccc4cccnc4c3n2)c(C(C)C)c1.O=S(=O)([O-])C(F)(F)F.O=S(=O)([O-])C(F)(F)F.[Fe+2]. The van der Waals surface area contributed by atoms with Crippen LogP contribution in [0.25, 0.3) is 33.1 Å². The second kappa shape index (κ2) is 15.4. The predicted molar refractivity (Wildman–Crippen MR) is 156 cm³/mol. The van der Waals surface area contributed by atoms with Gasteiger partial charge >= 0.3 is 28.1 Å². The number of halogens is 6. The van der Waals surface area contributed by atoms with Crippen LogP contribution in [0.2, 0.25) is 0 Å². The molecule has 254 valence electrons. The molecule has 2 aromatic carbocycles. The fraction of sp³-hybridized carbons (Fsp3) is 0.379. The number of aromatic nitrogens is 2. The summed E-state index contributed by atoms with van der Waals surface area (Å²) in [6.07, 6.45) is 1.85. The van der Waals surface area contributed by atoms with E-state index >= 15 is 0 Å². The third-order valence-corrected chi connectivity index (χ3v) is 7.52. The average molecular weight is 737 g/mol. The van der Waals surface area contributed by atoms with E-state index in [4.69, 9.17) is 30.9 Å². The maximum atomic E-state index is 10.7. The van der Waals surface area contributed by atoms with Gasteiger partial charge in [-0.15, -0.1) is 0 Å². The molecule has 46 heavy (non-hydrogen) atoms. The standard InChI is InChI=1S/C27H30N2.2CHF3O3S.Fe/c1-16(2)21-14-22(17(3)4)25(23(15-21)18(5)6)24-12-11-20-10-9-19-8-7-13-28-26(19)27(20)29-24;2*2-1(3,4)8(5,6)7;/h7-18H,1-6H3;2*(H,5,6,7);/q;;;+2/p-2. The molecule has 0 radical (unpaired) electrons. The van der Waals surface area contributed by atoms with Crippen LogP contribution in [0.4, 0.5) is 26.3 Å². The van der Waals surface area contributed by atoms with Gasteiger partial charge in [0.05, 0.1) is 16.7 Å². The van der Waals surface area contributed by atoms with Crippen molar-refractivity contribution in [3.63, 3.8) is 0 Å². The molecule has 2 aromatic heterocycles. The van der Waals surface area contributed by atoms with Gasteiger partial charge in [0, 0.05) is 22.5 Å². The molecule has 4 rings (SSSR count). The molecule has 0 amide bonds. The summed E-state index contributed by atoms with van der Waals surface area (Å²) in [6, 6.07) is 17.5. The molecule has 17 heteroatoms. The maximum Gasteiger partial charge on any atom is 2.00 e. The summed E-state index contributed by atoms with van der Waals surface area (Å²) in [4.78, 5) is 9.81. The molecule has 0 saturated carbocycles. The Kier molecular flexibility index (Phi) is 13.8. The zero-order valence-electron chi connectivity index (χ0n) is 25.2. The molecule has 0 aliphatic carbocycles. The number of benzene rings is 2. The van der Waals surface area contributed by atoms with Crippen molar-refractivity contribution >= 4 is 42.0 Å². The molecular weight excluding hydrogens is 706 g/mol. The zero-order valence-corrected chi connectivity index (χ0v) is 27.9. The van der Waals surface area contributed by atoms with Crippen molar-refractivity contribution in [2.45, 2.75) is 70.3 Å². The van der Waals surface area contributed by atoms with E-state index in [9.17, 15) is 26.3 Å². The fourth-order valence-electron chi connectivity index (χ4n) is 4.11. The van der Waals surface area contributed by atoms with Gasteiger partial charge in [-0.05, 0) is 46.6 Å². The number of pyridine rings is 2. The molecule has 0 atom stereocenters. The average Bonchev–Trinajstić information content (AvgIpc) is 2.90. The first-order valence-corrected chi connectivity index (χ1v) is 16.0. The molecule has 0 aliphatic heterocycles. The molecule has 0 unspecified atom stereocenters. The van der Waals surface area contributed by atoms with Crippen molar-refractivity contribution in [2.75, 3.05) is 0 Å². The smallest absolute Gasteiger partial charge is 0.741 e. The van der Waals surface area contributed by atoms with Crippen molar-refractivity contribution < 1.29 is 69.4 Å². The Balaban J connectivity index is 0.000000518. The van der Waals surface area contributed by atoms with Crippen LogP contribution in [0.15, 0.2) is 54.7 Å². The number of hydrogen-bond donors (Lipinski definition) is 0. The van der Waals surface area contributed by atoms with Gasteiger partial charge in [-0.3, -0.25) is 4.98 Å². The molecule has 0 saturated heterocycles. The number of fused-ring (bicyclic) bond motifs is 3. The number of hydrogen-bond acceptors (Lipinski definition) is 8. The van der Waals surface area contributed by atoms with Crippen LogP contribution in [0.5, 0.6) is 0 Å². The quantitative estimate of drug-likeness (QED) is 0.0677. The molecule has 0 bridgehead atoms. The topological polar surface area (TPSA) is 140 Å². The first kappa shape index (κ1) is 41.2. The Bertz CT molecular complexity index is 1810. The van der Waals surface area contributed by atoms with E-state index in [2.05, 4.69) is 89.0 Å². The first-order chi connectivity index (χ1) is 20.4. The van der Waals surface area contributed by atoms with Crippen LogP contribution in [0.3, 0.4) is 0 Å². The van der Waals surface area contributed by atoms with E-state index in [0.29, 0.717) is 17.8 Å². The Hall–Kier alpha value is -2.82. The largest absolute Gasteiger partial charge is 2.00 e. The second-order valence-corrected chi connectivity index (χ2v) is 13.5. The third-order valence-electron chi connectivity index (χ3n) is 6.39. The third kappa shape index (κ3) is 10.3. The summed E-state index contributed by atoms with van der Waals surface area (Å²) in [5.41, 5.74) is -2.79. The van der Waals surface area contributed by atoms with Crippen LogP contribution >= 0.6 is 0 Å². The summed E-state index contributed by atoms with van der Waals surface area (Å²) >= 11 is 0. The number of alkyl halides is 6. The minimum Gasteiger partial charge on any atom is -0.741 e. The summed E-state index contributed by atoms with van der Waals surface area (Å²) in [6.45, 7) is 13.7. The maximum absolute atomic E-state index is 10.7. The Morgan fingerprint density at radius 2 is 1.04 bits per heavy atom. The van der Waals surface area contributed by atoms with Gasteiger partial charge in [-0.2, -0.15) is 26.3 Å². The van der Waals surface area contributed by atoms with Gasteiger partial charge in [0.2, 0.25) is 0 Å². The van der Waals surface area contributed by atoms with E-state index < -0.39 is 31.3 Å². The van der Waals surface area contributed by atoms with Crippen LogP contribution in [0.1, 0.15) is 76.0 Å². The van der Waals surface area contributed by atoms with E-state index in [0.717, 1.165) is 27.5 Å². The van der Waals surface area contributed by atoms with Crippen molar-refractivity contribution in [1.29, 1.82) is 0 Å². The van der Waals surface area contributed by atoms with Crippen molar-refractivity contribution in [1.82, 2.24) is 9.97 Å². The molecule has 4 aromatic rings. The van der Waals surface area contributed by atoms with Crippen LogP contribution < -0.4 is 0 Å². The number of rotatable bonds is 4. The van der Waals surface area contributed by atoms with Gasteiger partial charge < -0.3 is 9.11 Å². The molecule has 0 fully saturated rings. The number of nitrogens with zero attached hydrogens (tertiary/aromatic N) is 2. The molecular formula is C29H30F6FeN2O6S2. The zero-order chi connectivity index (χ0) is 34.7. The molecule has 0 spiro atoms. The fourth-order valence-corrected chi connectivity index (χ4v) is 4.11. The molecule has 0 N–H and O–H groups in total. The van der Waals surface area contributed by atoms with Crippen LogP contribution in [-0.2, 0) is 37.3 Å². The van der Waals surface area contributed by atoms with E-state index in [1.807, 2.05) is 12.3 Å². The van der Waals surface area contributed by atoms with Crippen LogP contribution in [-0.4, -0.2) is 46.9 Å². The van der Waals surface area contributed by atoms with Gasteiger partial charge in [-0.1, -0.05) is 77.9 Å². The van der Waals surface area contributed by atoms with Gasteiger partial charge in [0.15, 0.2) is 20.2 Å². The summed E-state index contributed by atoms with van der Waals surface area (Å²) in [5.74, 6) is 1.38. The van der Waals surface area contributed by atoms with Crippen molar-refractivity contribution in [3.05, 3.63) is 71.4 Å². The Morgan fingerprint density at radius 3 is 1.41 bits per heavy atom. The molecule has 0 aliphatic rings. The summed E-state index contributed by atoms with van der Waals surface area (Å²) in [7, 11) is -12.2. The van der Waals surface area contributed by atoms with Crippen molar-refractivity contribution in [3.8, 4) is 11.3 Å². The van der Waals surface area contributed by atoms with E-state index in [1.165, 1.54) is 22.3 Å². The minimum atomic E-state index is -6.09. The van der Waals surface area contributed by atoms with E-state index in [-0.39, 0.29) is 17.1 Å². The minimum absolute atomic E-state index is 0. The second-order valence-electron chi connectivity index (χ2n) is 10.7. The Labute approximate surface area is 273 Å². The van der Waals surface area contributed by atoms with Gasteiger partial charge in [0.1, 0.15) is 0 Å². The monoisotopic (exact) mass is 736 g/mol. The van der Waals surface area contributed by atoms with Gasteiger partial charge in [-0.25, -0.2) is 21.8 Å². The Morgan fingerprint density at radius 1 is 0.652 bits per heavy atom. The van der Waals surface area contributed by atoms with Crippen LogP contribution in [0, 0.1) is 0 Å². The molecule has 8 nitrogen and oxygen atoms in total. The summed E-state index contributed by atoms with van der Waals surface area (Å²) < 4.78 is 118.